The van der Waals surface area contributed by atoms with E-state index in [1.165, 1.54) is 64.2 Å². The number of nitrogens with one attached hydrogen (secondary N) is 1. The van der Waals surface area contributed by atoms with E-state index in [1.54, 1.807) is 20.4 Å². The number of carbonyl (C=O) groups is 5. The summed E-state index contributed by atoms with van der Waals surface area (Å²) in [5.41, 5.74) is 3.94. The Balaban J connectivity index is 0.854. The number of hydrogen-bond acceptors (Lipinski definition) is 13. The van der Waals surface area contributed by atoms with E-state index < -0.39 is 17.9 Å². The van der Waals surface area contributed by atoms with Gasteiger partial charge in [0, 0.05) is 75.8 Å². The zero-order valence-corrected chi connectivity index (χ0v) is 50.4. The van der Waals surface area contributed by atoms with Crippen LogP contribution in [0.1, 0.15) is 188 Å². The summed E-state index contributed by atoms with van der Waals surface area (Å²) in [7, 11) is 3.22. The lowest BCUT2D eigenvalue weighted by molar-refractivity contribution is -0.897. The molecule has 4 aromatic rings. The zero-order valence-electron chi connectivity index (χ0n) is 50.4. The minimum absolute atomic E-state index is 0.0183. The zero-order chi connectivity index (χ0) is 59.6. The smallest absolute Gasteiger partial charge is 0.359 e. The average Bonchev–Trinajstić information content (AvgIpc) is 4.19. The maximum absolute atomic E-state index is 15.0. The van der Waals surface area contributed by atoms with Crippen LogP contribution < -0.4 is 29.7 Å². The topological polar surface area (TPSA) is 242 Å². The minimum atomic E-state index is -1.29. The van der Waals surface area contributed by atoms with Crippen LogP contribution in [-0.2, 0) is 32.1 Å². The van der Waals surface area contributed by atoms with Crippen molar-refractivity contribution in [1.29, 1.82) is 0 Å². The maximum atomic E-state index is 15.0. The number of piperidine rings is 1. The Bertz CT molecular complexity index is 2650. The van der Waals surface area contributed by atoms with Gasteiger partial charge in [-0.1, -0.05) is 102 Å². The summed E-state index contributed by atoms with van der Waals surface area (Å²) in [6.07, 6.45) is 26.9. The molecule has 19 heteroatoms. The second-order valence-corrected chi connectivity index (χ2v) is 24.6. The SMILES string of the molecule is COc1ccc(C(=O)N(CC(C)(C)CCn2cc(CCCCCCCCCCCCCCCCC(=O)NCCC[N+](C)(CC(=O)[O-])CC(=O)O)nn2)c2cccc(C)n2)c(N2CCC(COc3cc([C@@H](CC(=O)O)C4CC4)ccn3)CC2)c1. The van der Waals surface area contributed by atoms with Crippen molar-refractivity contribution in [3.63, 3.8) is 0 Å². The molecule has 0 spiro atoms. The number of anilines is 2. The van der Waals surface area contributed by atoms with Crippen molar-refractivity contribution in [2.45, 2.75) is 181 Å². The molecule has 2 fully saturated rings. The molecule has 0 radical (unpaired) electrons. The van der Waals surface area contributed by atoms with Gasteiger partial charge in [-0.15, -0.1) is 5.10 Å². The standard InChI is InChI=1S/C64H95N9O10/c1-48-22-20-24-57(67-48)72(63(81)54-29-28-53(82-5)41-56(54)70-36-31-49(32-37-70)46-83-59-40-51(30-35-66-59)55(42-60(75)76)50-26-27-50)47-64(2,3)33-38-71-43-52(68-69-71)23-18-16-14-12-10-8-6-7-9-11-13-15-17-19-25-58(74)65-34-21-39-73(4,44-61(77)78)45-62(79)80/h20,22,24,28-30,35,40-41,43,49-50,55H,6-19,21,23,25-27,31-34,36-39,42,44-47H2,1-5H3,(H3-,65,74,75,76,77,78,79,80)/t55-/m0/s1. The first-order valence-electron chi connectivity index (χ1n) is 30.8. The van der Waals surface area contributed by atoms with Gasteiger partial charge in [0.2, 0.25) is 11.8 Å². The highest BCUT2D eigenvalue weighted by molar-refractivity contribution is 6.09. The molecule has 1 unspecified atom stereocenters. The third-order valence-electron chi connectivity index (χ3n) is 16.5. The lowest BCUT2D eigenvalue weighted by Gasteiger charge is -2.36. The van der Waals surface area contributed by atoms with Gasteiger partial charge in [-0.2, -0.15) is 0 Å². The number of unbranched alkanes of at least 4 members (excludes halogenated alkanes) is 13. The number of quaternary nitrogens is 1. The summed E-state index contributed by atoms with van der Waals surface area (Å²) >= 11 is 0. The third-order valence-corrected chi connectivity index (χ3v) is 16.5. The number of amides is 2. The Labute approximate surface area is 492 Å². The molecule has 3 N–H and O–H groups in total. The van der Waals surface area contributed by atoms with Crippen LogP contribution in [0.2, 0.25) is 0 Å². The molecule has 456 valence electrons. The molecule has 83 heavy (non-hydrogen) atoms. The first kappa shape index (κ1) is 65.5. The van der Waals surface area contributed by atoms with Gasteiger partial charge in [-0.3, -0.25) is 24.0 Å². The normalized spacial score (nSPS) is 14.9. The van der Waals surface area contributed by atoms with E-state index in [4.69, 9.17) is 19.6 Å². The molecule has 2 aliphatic rings. The van der Waals surface area contributed by atoms with Crippen LogP contribution in [-0.4, -0.2) is 136 Å². The monoisotopic (exact) mass is 1150 g/mol. The fourth-order valence-corrected chi connectivity index (χ4v) is 11.5. The summed E-state index contributed by atoms with van der Waals surface area (Å²) < 4.78 is 13.7. The molecular formula is C64H95N9O10. The summed E-state index contributed by atoms with van der Waals surface area (Å²) in [6.45, 7) is 9.46. The van der Waals surface area contributed by atoms with Crippen molar-refractivity contribution in [2.24, 2.45) is 17.3 Å². The molecule has 4 heterocycles. The fourth-order valence-electron chi connectivity index (χ4n) is 11.5. The number of aliphatic carboxylic acids is 3. The summed E-state index contributed by atoms with van der Waals surface area (Å²) in [6, 6.07) is 15.4. The molecule has 19 nitrogen and oxygen atoms in total. The lowest BCUT2D eigenvalue weighted by Crippen LogP contribution is -2.54. The molecule has 1 saturated heterocycles. The van der Waals surface area contributed by atoms with E-state index >= 15 is 4.79 Å². The maximum Gasteiger partial charge on any atom is 0.359 e. The number of aromatic nitrogens is 5. The van der Waals surface area contributed by atoms with Gasteiger partial charge in [-0.05, 0) is 117 Å². The molecule has 0 bridgehead atoms. The molecule has 1 aliphatic heterocycles. The van der Waals surface area contributed by atoms with Crippen LogP contribution in [0, 0.1) is 24.2 Å². The number of pyridine rings is 2. The quantitative estimate of drug-likeness (QED) is 0.0277. The molecule has 1 aliphatic carbocycles. The molecule has 1 aromatic carbocycles. The van der Waals surface area contributed by atoms with Gasteiger partial charge < -0.3 is 44.3 Å². The number of nitrogens with zero attached hydrogens (tertiary/aromatic N) is 8. The summed E-state index contributed by atoms with van der Waals surface area (Å²) in [4.78, 5) is 74.5. The molecule has 6 rings (SSSR count). The van der Waals surface area contributed by atoms with Gasteiger partial charge in [0.15, 0.2) is 6.54 Å². The number of methoxy groups -OCH3 is 1. The van der Waals surface area contributed by atoms with Crippen LogP contribution in [0.3, 0.4) is 0 Å². The molecule has 1 saturated carbocycles. The Morgan fingerprint density at radius 1 is 0.843 bits per heavy atom. The van der Waals surface area contributed by atoms with Gasteiger partial charge in [-0.25, -0.2) is 14.8 Å². The minimum Gasteiger partial charge on any atom is -0.544 e. The van der Waals surface area contributed by atoms with E-state index in [1.807, 2.05) is 65.0 Å². The summed E-state index contributed by atoms with van der Waals surface area (Å²) in [5, 5.41) is 41.6. The van der Waals surface area contributed by atoms with E-state index in [9.17, 15) is 29.4 Å². The van der Waals surface area contributed by atoms with Crippen LogP contribution >= 0.6 is 0 Å². The number of ether oxygens (including phenoxy) is 2. The Morgan fingerprint density at radius 3 is 2.14 bits per heavy atom. The van der Waals surface area contributed by atoms with Crippen LogP contribution in [0.5, 0.6) is 11.6 Å². The first-order valence-corrected chi connectivity index (χ1v) is 30.8. The molecule has 3 aromatic heterocycles. The Kier molecular flexibility index (Phi) is 26.5. The third kappa shape index (κ3) is 23.5. The number of aryl methyl sites for hydroxylation is 3. The van der Waals surface area contributed by atoms with Gasteiger partial charge >= 0.3 is 11.9 Å². The van der Waals surface area contributed by atoms with Crippen LogP contribution in [0.4, 0.5) is 11.5 Å². The van der Waals surface area contributed by atoms with Crippen molar-refractivity contribution in [3.05, 3.63) is 83.4 Å². The number of hydrogen-bond donors (Lipinski definition) is 3. The van der Waals surface area contributed by atoms with Crippen LogP contribution in [0.25, 0.3) is 0 Å². The van der Waals surface area contributed by atoms with Crippen molar-refractivity contribution in [1.82, 2.24) is 30.3 Å². The highest BCUT2D eigenvalue weighted by atomic mass is 16.5. The van der Waals surface area contributed by atoms with Crippen molar-refractivity contribution < 1.29 is 53.2 Å². The predicted octanol–water partition coefficient (Wildman–Crippen LogP) is 9.59. The van der Waals surface area contributed by atoms with E-state index in [-0.39, 0.29) is 53.1 Å². The molecule has 2 atom stereocenters. The van der Waals surface area contributed by atoms with Gasteiger partial charge in [0.25, 0.3) is 5.91 Å². The number of carbonyl (C=O) groups excluding carboxylic acids is 3. The number of carboxylic acid groups (broad SMARTS) is 3. The summed E-state index contributed by atoms with van der Waals surface area (Å²) in [5.74, 6) is -0.774. The number of rotatable bonds is 41. The van der Waals surface area contributed by atoms with Gasteiger partial charge in [0.1, 0.15) is 18.1 Å². The Hall–Kier alpha value is -6.63. The second-order valence-electron chi connectivity index (χ2n) is 24.6. The molecule has 2 amide bonds. The highest BCUT2D eigenvalue weighted by Crippen LogP contribution is 2.45. The van der Waals surface area contributed by atoms with Crippen LogP contribution in [0.15, 0.2) is 60.9 Å². The van der Waals surface area contributed by atoms with Crippen molar-refractivity contribution in [2.75, 3.05) is 76.4 Å². The lowest BCUT2D eigenvalue weighted by atomic mass is 9.88. The largest absolute Gasteiger partial charge is 0.544 e. The second kappa shape index (κ2) is 33.6. The number of likely N-dealkylation sites (N-methyl/N-ethyl adjacent to an activating group) is 1. The predicted molar refractivity (Wildman–Crippen MR) is 318 cm³/mol. The van der Waals surface area contributed by atoms with E-state index in [0.717, 1.165) is 99.9 Å². The van der Waals surface area contributed by atoms with Gasteiger partial charge in [0.05, 0.1) is 56.6 Å². The fraction of sp³-hybridized carbons (Fsp3) is 0.641. The number of carboxylic acids is 3. The van der Waals surface area contributed by atoms with E-state index in [0.29, 0.717) is 74.6 Å². The Morgan fingerprint density at radius 2 is 1.52 bits per heavy atom. The van der Waals surface area contributed by atoms with Crippen molar-refractivity contribution >= 4 is 41.2 Å². The first-order chi connectivity index (χ1) is 39.9. The number of benzene rings is 1. The highest BCUT2D eigenvalue weighted by Gasteiger charge is 2.35. The average molecular weight is 1150 g/mol. The van der Waals surface area contributed by atoms with E-state index in [2.05, 4.69) is 45.6 Å². The van der Waals surface area contributed by atoms with Crippen molar-refractivity contribution in [3.8, 4) is 11.6 Å². The molecular weight excluding hydrogens is 1050 g/mol.